The van der Waals surface area contributed by atoms with E-state index in [0.717, 1.165) is 12.1 Å². The van der Waals surface area contributed by atoms with Crippen molar-refractivity contribution < 1.29 is 0 Å². The van der Waals surface area contributed by atoms with Crippen LogP contribution in [0.4, 0.5) is 0 Å². The van der Waals surface area contributed by atoms with Crippen LogP contribution in [0.5, 0.6) is 0 Å². The number of aryl methyl sites for hydroxylation is 1. The van der Waals surface area contributed by atoms with Gasteiger partial charge >= 0.3 is 0 Å². The summed E-state index contributed by atoms with van der Waals surface area (Å²) in [5, 5.41) is 3.48. The van der Waals surface area contributed by atoms with Gasteiger partial charge in [0.25, 0.3) is 0 Å². The van der Waals surface area contributed by atoms with Crippen molar-refractivity contribution in [2.24, 2.45) is 4.99 Å². The van der Waals surface area contributed by atoms with Gasteiger partial charge in [0.15, 0.2) is 0 Å². The third-order valence-corrected chi connectivity index (χ3v) is 6.51. The number of aliphatic imine (C=N–C) groups is 1. The molecule has 2 aromatic rings. The summed E-state index contributed by atoms with van der Waals surface area (Å²) in [5.74, 6) is 0.136. The topological polar surface area (TPSA) is 24.4 Å². The number of hydrogen-bond acceptors (Lipinski definition) is 2. The van der Waals surface area contributed by atoms with Crippen molar-refractivity contribution in [2.45, 2.75) is 72.1 Å². The molecule has 0 saturated heterocycles. The summed E-state index contributed by atoms with van der Waals surface area (Å²) in [5.41, 5.74) is 10.7. The van der Waals surface area contributed by atoms with E-state index in [2.05, 4.69) is 74.6 Å². The van der Waals surface area contributed by atoms with E-state index < -0.39 is 0 Å². The van der Waals surface area contributed by atoms with Crippen LogP contribution in [0, 0.1) is 13.8 Å². The number of benzene rings is 2. The quantitative estimate of drug-likeness (QED) is 0.330. The van der Waals surface area contributed by atoms with Crippen LogP contribution in [0.15, 0.2) is 64.8 Å². The van der Waals surface area contributed by atoms with Crippen molar-refractivity contribution in [3.63, 3.8) is 0 Å². The zero-order valence-electron chi connectivity index (χ0n) is 20.0. The molecule has 0 amide bonds. The minimum atomic E-state index is 0.136. The van der Waals surface area contributed by atoms with E-state index in [4.69, 9.17) is 4.99 Å². The predicted molar refractivity (Wildman–Crippen MR) is 136 cm³/mol. The second-order valence-electron chi connectivity index (χ2n) is 8.59. The smallest absolute Gasteiger partial charge is 0.0512 e. The van der Waals surface area contributed by atoms with Crippen LogP contribution in [0.2, 0.25) is 0 Å². The normalized spacial score (nSPS) is 15.1. The van der Waals surface area contributed by atoms with Crippen molar-refractivity contribution in [3.8, 4) is 0 Å². The van der Waals surface area contributed by atoms with Gasteiger partial charge in [0, 0.05) is 24.7 Å². The number of nitrogens with one attached hydrogen (secondary N) is 1. The molecule has 0 heterocycles. The zero-order valence-corrected chi connectivity index (χ0v) is 20.0. The van der Waals surface area contributed by atoms with Crippen LogP contribution in [0.1, 0.15) is 86.1 Å². The minimum absolute atomic E-state index is 0.136. The molecule has 2 aromatic carbocycles. The number of rotatable bonds is 9. The van der Waals surface area contributed by atoms with Crippen LogP contribution in [0.25, 0.3) is 5.70 Å². The molecule has 1 N–H and O–H groups in total. The molecule has 0 radical (unpaired) electrons. The highest BCUT2D eigenvalue weighted by molar-refractivity contribution is 5.69. The van der Waals surface area contributed by atoms with Crippen molar-refractivity contribution in [2.75, 3.05) is 7.05 Å². The molecule has 2 heteroatoms. The molecule has 1 unspecified atom stereocenters. The first-order valence-electron chi connectivity index (χ1n) is 11.9. The van der Waals surface area contributed by atoms with Gasteiger partial charge < -0.3 is 5.32 Å². The van der Waals surface area contributed by atoms with E-state index in [1.807, 2.05) is 20.2 Å². The first-order valence-corrected chi connectivity index (χ1v) is 11.9. The number of allylic oxidation sites excluding steroid dienone is 3. The number of nitrogens with zero attached hydrogens (tertiary/aromatic N) is 1. The second-order valence-corrected chi connectivity index (χ2v) is 8.59. The molecular formula is C29H38N2. The molecule has 164 valence electrons. The van der Waals surface area contributed by atoms with E-state index in [0.29, 0.717) is 0 Å². The lowest BCUT2D eigenvalue weighted by Gasteiger charge is -2.25. The van der Waals surface area contributed by atoms with Gasteiger partial charge in [0.2, 0.25) is 0 Å². The van der Waals surface area contributed by atoms with E-state index in [9.17, 15) is 0 Å². The van der Waals surface area contributed by atoms with Gasteiger partial charge in [-0.15, -0.1) is 0 Å². The van der Waals surface area contributed by atoms with Crippen LogP contribution < -0.4 is 5.32 Å². The summed E-state index contributed by atoms with van der Waals surface area (Å²) in [7, 11) is 2.05. The van der Waals surface area contributed by atoms with Crippen molar-refractivity contribution in [3.05, 3.63) is 87.6 Å². The van der Waals surface area contributed by atoms with Crippen LogP contribution in [-0.4, -0.2) is 13.3 Å². The summed E-state index contributed by atoms with van der Waals surface area (Å²) >= 11 is 0. The molecule has 2 nitrogen and oxygen atoms in total. The molecule has 0 aliphatic heterocycles. The van der Waals surface area contributed by atoms with E-state index in [-0.39, 0.29) is 5.92 Å². The fourth-order valence-electron chi connectivity index (χ4n) is 4.45. The first kappa shape index (κ1) is 23.1. The molecule has 1 saturated carbocycles. The highest BCUT2D eigenvalue weighted by Crippen LogP contribution is 2.38. The fraction of sp³-hybridized carbons (Fsp3) is 0.414. The Bertz CT molecular complexity index is 972. The summed E-state index contributed by atoms with van der Waals surface area (Å²) in [6.07, 6.45) is 11.5. The van der Waals surface area contributed by atoms with Gasteiger partial charge in [-0.1, -0.05) is 62.2 Å². The van der Waals surface area contributed by atoms with Gasteiger partial charge in [-0.05, 0) is 85.9 Å². The van der Waals surface area contributed by atoms with Gasteiger partial charge in [0.1, 0.15) is 0 Å². The Hall–Kier alpha value is -2.61. The molecule has 1 aliphatic carbocycles. The Morgan fingerprint density at radius 3 is 2.55 bits per heavy atom. The highest BCUT2D eigenvalue weighted by Gasteiger charge is 2.23. The molecule has 0 bridgehead atoms. The predicted octanol–water partition coefficient (Wildman–Crippen LogP) is 7.71. The molecule has 3 rings (SSSR count). The standard InChI is InChI=1S/C29H38N2/c1-6-8-9-19-27(31-7-2)28(26-18-10-13-21(3)22(26)4)24-16-12-17-25(20-24)29(30-5)23-14-11-15-23/h7,10,12-13,16-20,28,30H,6,8-9,11,14-15H2,1-5H3/b27-19-,31-7?. The van der Waals surface area contributed by atoms with Crippen LogP contribution in [0.3, 0.4) is 0 Å². The van der Waals surface area contributed by atoms with E-state index in [1.165, 1.54) is 65.6 Å². The van der Waals surface area contributed by atoms with Gasteiger partial charge in [0.05, 0.1) is 5.92 Å². The lowest BCUT2D eigenvalue weighted by molar-refractivity contribution is 0.660. The lowest BCUT2D eigenvalue weighted by atomic mass is 9.82. The van der Waals surface area contributed by atoms with Crippen molar-refractivity contribution in [1.29, 1.82) is 0 Å². The molecule has 1 atom stereocenters. The maximum atomic E-state index is 4.89. The SMILES string of the molecule is CC=N/C(=C\CCCC)C(c1cccc(C(NC)=C2CCC2)c1)c1cccc(C)c1C. The van der Waals surface area contributed by atoms with E-state index >= 15 is 0 Å². The van der Waals surface area contributed by atoms with Crippen molar-refractivity contribution >= 4 is 11.9 Å². The molecule has 31 heavy (non-hydrogen) atoms. The van der Waals surface area contributed by atoms with Gasteiger partial charge in [-0.25, -0.2) is 0 Å². The fourth-order valence-corrected chi connectivity index (χ4v) is 4.45. The van der Waals surface area contributed by atoms with Crippen LogP contribution in [-0.2, 0) is 0 Å². The third kappa shape index (κ3) is 5.36. The Balaban J connectivity index is 2.15. The first-order chi connectivity index (χ1) is 15.1. The van der Waals surface area contributed by atoms with Crippen LogP contribution >= 0.6 is 0 Å². The molecule has 1 fully saturated rings. The molecule has 0 spiro atoms. The monoisotopic (exact) mass is 414 g/mol. The molecule has 0 aromatic heterocycles. The lowest BCUT2D eigenvalue weighted by Crippen LogP contribution is -2.13. The maximum Gasteiger partial charge on any atom is 0.0512 e. The Morgan fingerprint density at radius 2 is 1.90 bits per heavy atom. The van der Waals surface area contributed by atoms with Crippen molar-refractivity contribution in [1.82, 2.24) is 5.32 Å². The summed E-state index contributed by atoms with van der Waals surface area (Å²) in [4.78, 5) is 4.89. The van der Waals surface area contributed by atoms with Gasteiger partial charge in [-0.2, -0.15) is 0 Å². The maximum absolute atomic E-state index is 4.89. The summed E-state index contributed by atoms with van der Waals surface area (Å²) in [6, 6.07) is 15.8. The Morgan fingerprint density at radius 1 is 1.13 bits per heavy atom. The third-order valence-electron chi connectivity index (χ3n) is 6.51. The molecule has 1 aliphatic rings. The Kier molecular flexibility index (Phi) is 8.28. The zero-order chi connectivity index (χ0) is 22.2. The average Bonchev–Trinajstić information content (AvgIpc) is 2.74. The average molecular weight is 415 g/mol. The van der Waals surface area contributed by atoms with Gasteiger partial charge in [-0.3, -0.25) is 4.99 Å². The molecular weight excluding hydrogens is 376 g/mol. The Labute approximate surface area is 189 Å². The number of hydrogen-bond donors (Lipinski definition) is 1. The van der Waals surface area contributed by atoms with E-state index in [1.54, 1.807) is 5.57 Å². The summed E-state index contributed by atoms with van der Waals surface area (Å²) < 4.78 is 0. The largest absolute Gasteiger partial charge is 0.388 e. The highest BCUT2D eigenvalue weighted by atomic mass is 14.8. The number of unbranched alkanes of at least 4 members (excludes halogenated alkanes) is 2. The second kappa shape index (κ2) is 11.1. The summed E-state index contributed by atoms with van der Waals surface area (Å²) in [6.45, 7) is 8.71. The minimum Gasteiger partial charge on any atom is -0.388 e.